The van der Waals surface area contributed by atoms with Crippen LogP contribution in [0.15, 0.2) is 30.3 Å². The Labute approximate surface area is 119 Å². The minimum absolute atomic E-state index is 0.248. The Morgan fingerprint density at radius 1 is 1.30 bits per heavy atom. The number of hydrogen-bond acceptors (Lipinski definition) is 2. The van der Waals surface area contributed by atoms with E-state index in [-0.39, 0.29) is 12.3 Å². The van der Waals surface area contributed by atoms with E-state index in [1.807, 2.05) is 30.3 Å². The highest BCUT2D eigenvalue weighted by molar-refractivity contribution is 5.83. The van der Waals surface area contributed by atoms with Crippen LogP contribution in [0.5, 0.6) is 0 Å². The SMILES string of the molecule is C#CCCC[C@@H](NC(=O)CCc1ccccc1)C(=O)O. The molecule has 0 spiro atoms. The second-order valence-corrected chi connectivity index (χ2v) is 4.54. The molecular formula is C16H19NO3. The summed E-state index contributed by atoms with van der Waals surface area (Å²) in [5.74, 6) is 1.19. The van der Waals surface area contributed by atoms with Gasteiger partial charge in [-0.2, -0.15) is 0 Å². The topological polar surface area (TPSA) is 66.4 Å². The van der Waals surface area contributed by atoms with E-state index in [9.17, 15) is 9.59 Å². The van der Waals surface area contributed by atoms with Gasteiger partial charge in [0.25, 0.3) is 0 Å². The number of carbonyl (C=O) groups is 2. The molecule has 0 bridgehead atoms. The quantitative estimate of drug-likeness (QED) is 0.562. The molecule has 4 nitrogen and oxygen atoms in total. The number of benzene rings is 1. The predicted octanol–water partition coefficient (Wildman–Crippen LogP) is 1.99. The highest BCUT2D eigenvalue weighted by Gasteiger charge is 2.18. The van der Waals surface area contributed by atoms with Crippen LogP contribution in [0.25, 0.3) is 0 Å². The molecule has 1 aromatic carbocycles. The molecule has 2 N–H and O–H groups in total. The van der Waals surface area contributed by atoms with Crippen molar-refractivity contribution in [2.45, 2.75) is 38.1 Å². The zero-order valence-electron chi connectivity index (χ0n) is 11.3. The second kappa shape index (κ2) is 8.76. The average molecular weight is 273 g/mol. The maximum Gasteiger partial charge on any atom is 0.326 e. The van der Waals surface area contributed by atoms with Crippen molar-refractivity contribution in [1.82, 2.24) is 5.32 Å². The van der Waals surface area contributed by atoms with Crippen molar-refractivity contribution in [3.8, 4) is 12.3 Å². The van der Waals surface area contributed by atoms with Gasteiger partial charge in [-0.1, -0.05) is 30.3 Å². The molecule has 0 fully saturated rings. The van der Waals surface area contributed by atoms with E-state index in [2.05, 4.69) is 11.2 Å². The first-order valence-electron chi connectivity index (χ1n) is 6.63. The van der Waals surface area contributed by atoms with E-state index >= 15 is 0 Å². The lowest BCUT2D eigenvalue weighted by Gasteiger charge is -2.13. The van der Waals surface area contributed by atoms with Crippen LogP contribution in [0, 0.1) is 12.3 Å². The third-order valence-corrected chi connectivity index (χ3v) is 2.93. The largest absolute Gasteiger partial charge is 0.480 e. The molecule has 1 atom stereocenters. The van der Waals surface area contributed by atoms with Crippen LogP contribution >= 0.6 is 0 Å². The van der Waals surface area contributed by atoms with Gasteiger partial charge < -0.3 is 10.4 Å². The fourth-order valence-corrected chi connectivity index (χ4v) is 1.83. The monoisotopic (exact) mass is 273 g/mol. The van der Waals surface area contributed by atoms with E-state index in [0.717, 1.165) is 5.56 Å². The van der Waals surface area contributed by atoms with Crippen LogP contribution in [0.4, 0.5) is 0 Å². The third kappa shape index (κ3) is 6.05. The van der Waals surface area contributed by atoms with Crippen molar-refractivity contribution in [2.24, 2.45) is 0 Å². The number of nitrogens with one attached hydrogen (secondary N) is 1. The van der Waals surface area contributed by atoms with Crippen molar-refractivity contribution in [2.75, 3.05) is 0 Å². The Bertz CT molecular complexity index is 476. The standard InChI is InChI=1S/C16H19NO3/c1-2-3-5-10-14(16(19)20)17-15(18)12-11-13-8-6-4-7-9-13/h1,4,6-9,14H,3,5,10-12H2,(H,17,18)(H,19,20)/t14-/m1/s1. The van der Waals surface area contributed by atoms with E-state index in [1.165, 1.54) is 0 Å². The Balaban J connectivity index is 2.38. The van der Waals surface area contributed by atoms with Gasteiger partial charge >= 0.3 is 5.97 Å². The molecule has 0 aliphatic heterocycles. The van der Waals surface area contributed by atoms with E-state index < -0.39 is 12.0 Å². The van der Waals surface area contributed by atoms with Crippen molar-refractivity contribution in [1.29, 1.82) is 0 Å². The molecule has 106 valence electrons. The molecule has 0 unspecified atom stereocenters. The maximum absolute atomic E-state index is 11.7. The van der Waals surface area contributed by atoms with Crippen molar-refractivity contribution in [3.63, 3.8) is 0 Å². The summed E-state index contributed by atoms with van der Waals surface area (Å²) >= 11 is 0. The van der Waals surface area contributed by atoms with Gasteiger partial charge in [-0.15, -0.1) is 12.3 Å². The molecule has 1 aromatic rings. The summed E-state index contributed by atoms with van der Waals surface area (Å²) in [6.45, 7) is 0. The Morgan fingerprint density at radius 3 is 2.60 bits per heavy atom. The highest BCUT2D eigenvalue weighted by atomic mass is 16.4. The van der Waals surface area contributed by atoms with Gasteiger partial charge in [-0.3, -0.25) is 4.79 Å². The lowest BCUT2D eigenvalue weighted by molar-refractivity contribution is -0.142. The number of unbranched alkanes of at least 4 members (excludes halogenated alkanes) is 1. The lowest BCUT2D eigenvalue weighted by Crippen LogP contribution is -2.40. The van der Waals surface area contributed by atoms with Gasteiger partial charge in [0.1, 0.15) is 6.04 Å². The summed E-state index contributed by atoms with van der Waals surface area (Å²) in [6.07, 6.45) is 7.47. The molecule has 1 amide bonds. The van der Waals surface area contributed by atoms with Crippen LogP contribution in [0.3, 0.4) is 0 Å². The number of rotatable bonds is 8. The van der Waals surface area contributed by atoms with Gasteiger partial charge in [0.15, 0.2) is 0 Å². The lowest BCUT2D eigenvalue weighted by atomic mass is 10.1. The van der Waals surface area contributed by atoms with Crippen LogP contribution in [-0.4, -0.2) is 23.0 Å². The molecule has 0 radical (unpaired) electrons. The summed E-state index contributed by atoms with van der Waals surface area (Å²) in [5, 5.41) is 11.6. The number of carboxylic acid groups (broad SMARTS) is 1. The molecule has 0 aliphatic carbocycles. The molecule has 4 heteroatoms. The van der Waals surface area contributed by atoms with Gasteiger partial charge in [0.05, 0.1) is 0 Å². The predicted molar refractivity (Wildman–Crippen MR) is 77.0 cm³/mol. The van der Waals surface area contributed by atoms with E-state index in [4.69, 9.17) is 11.5 Å². The number of aliphatic carboxylic acids is 1. The Morgan fingerprint density at radius 2 is 2.00 bits per heavy atom. The van der Waals surface area contributed by atoms with Gasteiger partial charge in [0, 0.05) is 12.8 Å². The minimum Gasteiger partial charge on any atom is -0.480 e. The molecule has 0 saturated carbocycles. The van der Waals surface area contributed by atoms with E-state index in [1.54, 1.807) is 0 Å². The average Bonchev–Trinajstić information content (AvgIpc) is 2.45. The normalized spacial score (nSPS) is 11.3. The first-order chi connectivity index (χ1) is 9.63. The molecule has 0 saturated heterocycles. The molecule has 0 heterocycles. The second-order valence-electron chi connectivity index (χ2n) is 4.54. The van der Waals surface area contributed by atoms with Crippen molar-refractivity contribution >= 4 is 11.9 Å². The summed E-state index contributed by atoms with van der Waals surface area (Å²) in [5.41, 5.74) is 1.06. The van der Waals surface area contributed by atoms with Crippen LogP contribution < -0.4 is 5.32 Å². The summed E-state index contributed by atoms with van der Waals surface area (Å²) in [7, 11) is 0. The van der Waals surface area contributed by atoms with Gasteiger partial charge in [-0.25, -0.2) is 4.79 Å². The number of carbonyl (C=O) groups excluding carboxylic acids is 1. The number of amides is 1. The summed E-state index contributed by atoms with van der Waals surface area (Å²) < 4.78 is 0. The van der Waals surface area contributed by atoms with Crippen LogP contribution in [-0.2, 0) is 16.0 Å². The Kier molecular flexibility index (Phi) is 6.91. The smallest absolute Gasteiger partial charge is 0.326 e. The van der Waals surface area contributed by atoms with E-state index in [0.29, 0.717) is 25.7 Å². The number of aryl methyl sites for hydroxylation is 1. The Hall–Kier alpha value is -2.28. The van der Waals surface area contributed by atoms with Gasteiger partial charge in [-0.05, 0) is 24.8 Å². The highest BCUT2D eigenvalue weighted by Crippen LogP contribution is 2.04. The minimum atomic E-state index is -1.02. The summed E-state index contributed by atoms with van der Waals surface area (Å²) in [6, 6.07) is 8.76. The third-order valence-electron chi connectivity index (χ3n) is 2.93. The van der Waals surface area contributed by atoms with Crippen LogP contribution in [0.2, 0.25) is 0 Å². The molecular weight excluding hydrogens is 254 g/mol. The zero-order chi connectivity index (χ0) is 14.8. The zero-order valence-corrected chi connectivity index (χ0v) is 11.3. The maximum atomic E-state index is 11.7. The fourth-order valence-electron chi connectivity index (χ4n) is 1.83. The number of hydrogen-bond donors (Lipinski definition) is 2. The first kappa shape index (κ1) is 15.8. The molecule has 0 aliphatic rings. The fraction of sp³-hybridized carbons (Fsp3) is 0.375. The molecule has 1 rings (SSSR count). The number of carboxylic acids is 1. The van der Waals surface area contributed by atoms with Crippen LogP contribution in [0.1, 0.15) is 31.2 Å². The van der Waals surface area contributed by atoms with Gasteiger partial charge in [0.2, 0.25) is 5.91 Å². The number of terminal acetylenes is 1. The molecule has 0 aromatic heterocycles. The van der Waals surface area contributed by atoms with Crippen molar-refractivity contribution in [3.05, 3.63) is 35.9 Å². The van der Waals surface area contributed by atoms with Crippen molar-refractivity contribution < 1.29 is 14.7 Å². The first-order valence-corrected chi connectivity index (χ1v) is 6.63. The summed E-state index contributed by atoms with van der Waals surface area (Å²) in [4.78, 5) is 22.8. The molecule has 20 heavy (non-hydrogen) atoms.